The molecule has 130 valence electrons. The first-order valence-corrected chi connectivity index (χ1v) is 8.29. The zero-order valence-electron chi connectivity index (χ0n) is 14.4. The summed E-state index contributed by atoms with van der Waals surface area (Å²) in [6.07, 6.45) is 3.78. The predicted octanol–water partition coefficient (Wildman–Crippen LogP) is 2.64. The number of rotatable bonds is 7. The molecule has 2 aromatic rings. The molecule has 2 rings (SSSR count). The average molecular weight is 330 g/mol. The van der Waals surface area contributed by atoms with Gasteiger partial charge in [-0.15, -0.1) is 0 Å². The molecule has 0 aliphatic rings. The first-order chi connectivity index (χ1) is 11.5. The van der Waals surface area contributed by atoms with Crippen molar-refractivity contribution >= 4 is 6.03 Å². The Labute approximate surface area is 142 Å². The first-order valence-electron chi connectivity index (χ1n) is 8.29. The highest BCUT2D eigenvalue weighted by atomic mass is 16.3. The summed E-state index contributed by atoms with van der Waals surface area (Å²) in [5, 5.41) is 19.6. The van der Waals surface area contributed by atoms with Crippen LogP contribution in [0.3, 0.4) is 0 Å². The summed E-state index contributed by atoms with van der Waals surface area (Å²) in [6.45, 7) is 6.31. The second-order valence-electron chi connectivity index (χ2n) is 6.26. The van der Waals surface area contributed by atoms with Crippen molar-refractivity contribution in [2.45, 2.75) is 39.3 Å². The van der Waals surface area contributed by atoms with E-state index >= 15 is 0 Å². The largest absolute Gasteiger partial charge is 0.393 e. The van der Waals surface area contributed by atoms with Crippen molar-refractivity contribution in [2.24, 2.45) is 5.92 Å². The van der Waals surface area contributed by atoms with Crippen LogP contribution in [0.1, 0.15) is 38.8 Å². The van der Waals surface area contributed by atoms with Gasteiger partial charge in [0.15, 0.2) is 0 Å². The molecule has 2 unspecified atom stereocenters. The summed E-state index contributed by atoms with van der Waals surface area (Å²) in [5.74, 6) is 0.196. The number of aromatic nitrogens is 2. The van der Waals surface area contributed by atoms with Crippen LogP contribution < -0.4 is 10.6 Å². The van der Waals surface area contributed by atoms with Crippen molar-refractivity contribution in [3.63, 3.8) is 0 Å². The quantitative estimate of drug-likeness (QED) is 0.730. The lowest BCUT2D eigenvalue weighted by molar-refractivity contribution is 0.116. The topological polar surface area (TPSA) is 79.2 Å². The highest BCUT2D eigenvalue weighted by molar-refractivity contribution is 5.74. The van der Waals surface area contributed by atoms with E-state index in [-0.39, 0.29) is 18.0 Å². The Kier molecular flexibility index (Phi) is 6.37. The van der Waals surface area contributed by atoms with Gasteiger partial charge in [-0.25, -0.2) is 9.48 Å². The van der Waals surface area contributed by atoms with Crippen LogP contribution in [0.2, 0.25) is 0 Å². The van der Waals surface area contributed by atoms with Crippen LogP contribution in [0.5, 0.6) is 0 Å². The molecule has 0 bridgehead atoms. The van der Waals surface area contributed by atoms with E-state index in [4.69, 9.17) is 0 Å². The van der Waals surface area contributed by atoms with Crippen LogP contribution in [0.15, 0.2) is 42.7 Å². The number of carbonyl (C=O) groups excluding carboxylic acids is 1. The molecular weight excluding hydrogens is 304 g/mol. The summed E-state index contributed by atoms with van der Waals surface area (Å²) in [7, 11) is 0. The monoisotopic (exact) mass is 330 g/mol. The zero-order valence-corrected chi connectivity index (χ0v) is 14.4. The number of nitrogens with zero attached hydrogens (tertiary/aromatic N) is 2. The smallest absolute Gasteiger partial charge is 0.315 e. The van der Waals surface area contributed by atoms with E-state index in [1.54, 1.807) is 10.9 Å². The third-order valence-corrected chi connectivity index (χ3v) is 4.00. The van der Waals surface area contributed by atoms with Crippen LogP contribution in [0.25, 0.3) is 5.69 Å². The molecule has 6 nitrogen and oxygen atoms in total. The van der Waals surface area contributed by atoms with E-state index in [9.17, 15) is 9.90 Å². The van der Waals surface area contributed by atoms with Crippen molar-refractivity contribution in [2.75, 3.05) is 6.54 Å². The summed E-state index contributed by atoms with van der Waals surface area (Å²) in [5.41, 5.74) is 1.99. The molecule has 0 radical (unpaired) electrons. The van der Waals surface area contributed by atoms with Crippen molar-refractivity contribution in [3.05, 3.63) is 48.3 Å². The molecule has 24 heavy (non-hydrogen) atoms. The maximum Gasteiger partial charge on any atom is 0.315 e. The maximum absolute atomic E-state index is 11.9. The van der Waals surface area contributed by atoms with Crippen LogP contribution in [0, 0.1) is 5.92 Å². The van der Waals surface area contributed by atoms with Gasteiger partial charge in [0, 0.05) is 18.9 Å². The third-order valence-electron chi connectivity index (χ3n) is 4.00. The van der Waals surface area contributed by atoms with Gasteiger partial charge in [-0.1, -0.05) is 26.0 Å². The van der Waals surface area contributed by atoms with Gasteiger partial charge in [0.1, 0.15) is 0 Å². The molecule has 0 saturated heterocycles. The number of aliphatic hydroxyl groups is 1. The number of benzene rings is 1. The van der Waals surface area contributed by atoms with Gasteiger partial charge in [0.2, 0.25) is 0 Å². The SMILES string of the molecule is CC(NC(=O)NCCC(O)C(C)C)c1ccc(-n2cccn2)cc1. The number of amides is 2. The van der Waals surface area contributed by atoms with Gasteiger partial charge in [-0.3, -0.25) is 0 Å². The molecule has 3 N–H and O–H groups in total. The third kappa shape index (κ3) is 5.09. The Morgan fingerprint density at radius 3 is 2.54 bits per heavy atom. The summed E-state index contributed by atoms with van der Waals surface area (Å²) >= 11 is 0. The Balaban J connectivity index is 1.81. The van der Waals surface area contributed by atoms with E-state index in [0.717, 1.165) is 11.3 Å². The van der Waals surface area contributed by atoms with E-state index in [1.807, 2.05) is 57.3 Å². The molecule has 0 aliphatic heterocycles. The molecule has 6 heteroatoms. The number of nitrogens with one attached hydrogen (secondary N) is 2. The Morgan fingerprint density at radius 2 is 1.96 bits per heavy atom. The number of aliphatic hydroxyl groups excluding tert-OH is 1. The van der Waals surface area contributed by atoms with E-state index < -0.39 is 6.10 Å². The number of urea groups is 1. The van der Waals surface area contributed by atoms with Gasteiger partial charge >= 0.3 is 6.03 Å². The van der Waals surface area contributed by atoms with Crippen LogP contribution >= 0.6 is 0 Å². The Morgan fingerprint density at radius 1 is 1.25 bits per heavy atom. The van der Waals surface area contributed by atoms with Crippen LogP contribution in [0.4, 0.5) is 4.79 Å². The minimum absolute atomic E-state index is 0.105. The van der Waals surface area contributed by atoms with E-state index in [2.05, 4.69) is 15.7 Å². The molecule has 0 saturated carbocycles. The Bertz CT molecular complexity index is 623. The minimum atomic E-state index is -0.391. The second-order valence-corrected chi connectivity index (χ2v) is 6.26. The van der Waals surface area contributed by atoms with Crippen molar-refractivity contribution < 1.29 is 9.90 Å². The molecule has 0 fully saturated rings. The summed E-state index contributed by atoms with van der Waals surface area (Å²) < 4.78 is 1.79. The zero-order chi connectivity index (χ0) is 17.5. The molecule has 1 aromatic heterocycles. The van der Waals surface area contributed by atoms with E-state index in [0.29, 0.717) is 13.0 Å². The molecule has 1 heterocycles. The molecule has 2 atom stereocenters. The highest BCUT2D eigenvalue weighted by Gasteiger charge is 2.12. The fourth-order valence-electron chi connectivity index (χ4n) is 2.34. The molecule has 0 aliphatic carbocycles. The lowest BCUT2D eigenvalue weighted by Gasteiger charge is -2.17. The summed E-state index contributed by atoms with van der Waals surface area (Å²) in [6, 6.07) is 9.43. The molecular formula is C18H26N4O2. The van der Waals surface area contributed by atoms with Gasteiger partial charge in [-0.2, -0.15) is 5.10 Å². The minimum Gasteiger partial charge on any atom is -0.393 e. The highest BCUT2D eigenvalue weighted by Crippen LogP contribution is 2.15. The van der Waals surface area contributed by atoms with Crippen molar-refractivity contribution in [1.29, 1.82) is 0 Å². The van der Waals surface area contributed by atoms with Gasteiger partial charge in [0.25, 0.3) is 0 Å². The number of hydrogen-bond acceptors (Lipinski definition) is 3. The maximum atomic E-state index is 11.9. The van der Waals surface area contributed by atoms with Gasteiger partial charge in [-0.05, 0) is 43.0 Å². The normalized spacial score (nSPS) is 13.5. The van der Waals surface area contributed by atoms with Crippen molar-refractivity contribution in [3.8, 4) is 5.69 Å². The second kappa shape index (κ2) is 8.49. The van der Waals surface area contributed by atoms with Crippen LogP contribution in [-0.2, 0) is 0 Å². The molecule has 1 aromatic carbocycles. The molecule has 0 spiro atoms. The standard InChI is InChI=1S/C18H26N4O2/c1-13(2)17(23)9-11-19-18(24)21-14(3)15-5-7-16(8-6-15)22-12-4-10-20-22/h4-8,10,12-14,17,23H,9,11H2,1-3H3,(H2,19,21,24). The average Bonchev–Trinajstić information content (AvgIpc) is 3.09. The fraction of sp³-hybridized carbons (Fsp3) is 0.444. The van der Waals surface area contributed by atoms with Crippen molar-refractivity contribution in [1.82, 2.24) is 20.4 Å². The van der Waals surface area contributed by atoms with Crippen LogP contribution in [-0.4, -0.2) is 33.6 Å². The summed E-state index contributed by atoms with van der Waals surface area (Å²) in [4.78, 5) is 11.9. The fourth-order valence-corrected chi connectivity index (χ4v) is 2.34. The van der Waals surface area contributed by atoms with E-state index in [1.165, 1.54) is 0 Å². The lowest BCUT2D eigenvalue weighted by Crippen LogP contribution is -2.38. The number of carbonyl (C=O) groups is 1. The lowest BCUT2D eigenvalue weighted by atomic mass is 10.0. The molecule has 2 amide bonds. The van der Waals surface area contributed by atoms with Gasteiger partial charge in [0.05, 0.1) is 17.8 Å². The first kappa shape index (κ1) is 18.0. The van der Waals surface area contributed by atoms with Gasteiger partial charge < -0.3 is 15.7 Å². The Hall–Kier alpha value is -2.34. The predicted molar refractivity (Wildman–Crippen MR) is 94.0 cm³/mol. The number of hydrogen-bond donors (Lipinski definition) is 3.